The van der Waals surface area contributed by atoms with Crippen LogP contribution in [-0.4, -0.2) is 16.9 Å². The van der Waals surface area contributed by atoms with Gasteiger partial charge in [0, 0.05) is 23.9 Å². The summed E-state index contributed by atoms with van der Waals surface area (Å²) in [6.07, 6.45) is 2.37. The van der Waals surface area contributed by atoms with Gasteiger partial charge in [0.1, 0.15) is 5.78 Å². The van der Waals surface area contributed by atoms with Crippen molar-refractivity contribution in [3.63, 3.8) is 0 Å². The summed E-state index contributed by atoms with van der Waals surface area (Å²) in [5.41, 5.74) is 0.0128. The number of piperidine rings is 1. The molecule has 0 saturated carbocycles. The Balaban J connectivity index is 2.76. The lowest BCUT2D eigenvalue weighted by Crippen LogP contribution is -2.59. The van der Waals surface area contributed by atoms with Crippen LogP contribution in [-0.2, 0) is 4.79 Å². The van der Waals surface area contributed by atoms with Gasteiger partial charge in [-0.25, -0.2) is 0 Å². The molecule has 0 aromatic carbocycles. The molecule has 0 aliphatic carbocycles. The SMILES string of the molecule is CC[C@]1(C)CC(=O)CC(C)(C)N1. The molecule has 0 bridgehead atoms. The van der Waals surface area contributed by atoms with E-state index < -0.39 is 0 Å². The number of ketones is 1. The maximum absolute atomic E-state index is 11.4. The van der Waals surface area contributed by atoms with Crippen molar-refractivity contribution in [2.45, 2.75) is 58.0 Å². The Bertz CT molecular complexity index is 198. The Hall–Kier alpha value is -0.370. The van der Waals surface area contributed by atoms with Crippen molar-refractivity contribution in [1.29, 1.82) is 0 Å². The zero-order chi connectivity index (χ0) is 9.41. The molecule has 1 fully saturated rings. The van der Waals surface area contributed by atoms with Gasteiger partial charge in [0.15, 0.2) is 0 Å². The molecule has 1 aliphatic heterocycles. The summed E-state index contributed by atoms with van der Waals surface area (Å²) in [7, 11) is 0. The fourth-order valence-corrected chi connectivity index (χ4v) is 2.11. The highest BCUT2D eigenvalue weighted by molar-refractivity contribution is 5.81. The zero-order valence-corrected chi connectivity index (χ0v) is 8.53. The monoisotopic (exact) mass is 169 g/mol. The third-order valence-electron chi connectivity index (χ3n) is 2.65. The molecule has 2 nitrogen and oxygen atoms in total. The molecule has 0 aromatic rings. The van der Waals surface area contributed by atoms with Crippen molar-refractivity contribution in [3.05, 3.63) is 0 Å². The van der Waals surface area contributed by atoms with Crippen LogP contribution in [0.25, 0.3) is 0 Å². The minimum atomic E-state index is -0.0138. The van der Waals surface area contributed by atoms with Crippen LogP contribution in [0.3, 0.4) is 0 Å². The number of carbonyl (C=O) groups is 1. The summed E-state index contributed by atoms with van der Waals surface area (Å²) in [4.78, 5) is 11.4. The Kier molecular flexibility index (Phi) is 2.30. The topological polar surface area (TPSA) is 29.1 Å². The molecule has 70 valence electrons. The van der Waals surface area contributed by atoms with Crippen molar-refractivity contribution < 1.29 is 4.79 Å². The van der Waals surface area contributed by atoms with Crippen molar-refractivity contribution in [2.24, 2.45) is 0 Å². The quantitative estimate of drug-likeness (QED) is 0.649. The van der Waals surface area contributed by atoms with Gasteiger partial charge >= 0.3 is 0 Å². The van der Waals surface area contributed by atoms with Crippen LogP contribution < -0.4 is 5.32 Å². The summed E-state index contributed by atoms with van der Waals surface area (Å²) in [5, 5.41) is 3.53. The largest absolute Gasteiger partial charge is 0.306 e. The van der Waals surface area contributed by atoms with Crippen LogP contribution in [0.2, 0.25) is 0 Å². The molecular formula is C10H19NO. The molecule has 1 N–H and O–H groups in total. The highest BCUT2D eigenvalue weighted by Crippen LogP contribution is 2.27. The van der Waals surface area contributed by atoms with E-state index in [1.54, 1.807) is 0 Å². The molecule has 1 saturated heterocycles. The zero-order valence-electron chi connectivity index (χ0n) is 8.53. The number of hydrogen-bond acceptors (Lipinski definition) is 2. The summed E-state index contributed by atoms with van der Waals surface area (Å²) >= 11 is 0. The lowest BCUT2D eigenvalue weighted by atomic mass is 9.79. The van der Waals surface area contributed by atoms with Crippen LogP contribution in [0.15, 0.2) is 0 Å². The van der Waals surface area contributed by atoms with E-state index in [1.165, 1.54) is 0 Å². The molecule has 0 spiro atoms. The number of rotatable bonds is 1. The van der Waals surface area contributed by atoms with Gasteiger partial charge in [-0.1, -0.05) is 6.92 Å². The van der Waals surface area contributed by atoms with Gasteiger partial charge in [0.25, 0.3) is 0 Å². The van der Waals surface area contributed by atoms with E-state index in [-0.39, 0.29) is 11.1 Å². The average molecular weight is 169 g/mol. The second kappa shape index (κ2) is 2.84. The average Bonchev–Trinajstić information content (AvgIpc) is 1.82. The standard InChI is InChI=1S/C10H19NO/c1-5-10(4)7-8(12)6-9(2,3)11-10/h11H,5-7H2,1-4H3/t10-/m1/s1. The van der Waals surface area contributed by atoms with Gasteiger partial charge in [-0.15, -0.1) is 0 Å². The first-order chi connectivity index (χ1) is 5.37. The molecule has 1 aliphatic rings. The summed E-state index contributed by atoms with van der Waals surface area (Å²) < 4.78 is 0. The van der Waals surface area contributed by atoms with Crippen LogP contribution in [0, 0.1) is 0 Å². The van der Waals surface area contributed by atoms with Gasteiger partial charge in [0.2, 0.25) is 0 Å². The van der Waals surface area contributed by atoms with E-state index in [2.05, 4.69) is 33.0 Å². The minimum Gasteiger partial charge on any atom is -0.306 e. The predicted molar refractivity (Wildman–Crippen MR) is 50.2 cm³/mol. The smallest absolute Gasteiger partial charge is 0.136 e. The van der Waals surface area contributed by atoms with E-state index in [1.807, 2.05) is 0 Å². The third kappa shape index (κ3) is 2.07. The van der Waals surface area contributed by atoms with Gasteiger partial charge in [-0.05, 0) is 27.2 Å². The summed E-state index contributed by atoms with van der Waals surface area (Å²) in [6, 6.07) is 0. The molecule has 0 unspecified atom stereocenters. The summed E-state index contributed by atoms with van der Waals surface area (Å²) in [5.74, 6) is 0.392. The Labute approximate surface area is 74.7 Å². The van der Waals surface area contributed by atoms with Crippen LogP contribution in [0.5, 0.6) is 0 Å². The van der Waals surface area contributed by atoms with Crippen molar-refractivity contribution >= 4 is 5.78 Å². The second-order valence-electron chi connectivity index (χ2n) is 4.82. The van der Waals surface area contributed by atoms with Crippen molar-refractivity contribution in [2.75, 3.05) is 0 Å². The fourth-order valence-electron chi connectivity index (χ4n) is 2.11. The first-order valence-electron chi connectivity index (χ1n) is 4.68. The van der Waals surface area contributed by atoms with E-state index in [0.717, 1.165) is 6.42 Å². The highest BCUT2D eigenvalue weighted by atomic mass is 16.1. The molecule has 2 heteroatoms. The van der Waals surface area contributed by atoms with Gasteiger partial charge in [-0.3, -0.25) is 4.79 Å². The number of nitrogens with one attached hydrogen (secondary N) is 1. The van der Waals surface area contributed by atoms with E-state index in [9.17, 15) is 4.79 Å². The Morgan fingerprint density at radius 3 is 2.33 bits per heavy atom. The first-order valence-corrected chi connectivity index (χ1v) is 4.68. The van der Waals surface area contributed by atoms with Crippen LogP contribution in [0.1, 0.15) is 47.0 Å². The maximum atomic E-state index is 11.4. The number of carbonyl (C=O) groups excluding carboxylic acids is 1. The molecule has 1 heterocycles. The Morgan fingerprint density at radius 1 is 1.33 bits per heavy atom. The van der Waals surface area contributed by atoms with E-state index in [4.69, 9.17) is 0 Å². The van der Waals surface area contributed by atoms with Gasteiger partial charge < -0.3 is 5.32 Å². The molecular weight excluding hydrogens is 150 g/mol. The molecule has 12 heavy (non-hydrogen) atoms. The third-order valence-corrected chi connectivity index (χ3v) is 2.65. The van der Waals surface area contributed by atoms with Gasteiger partial charge in [0.05, 0.1) is 0 Å². The molecule has 1 atom stereocenters. The van der Waals surface area contributed by atoms with Crippen molar-refractivity contribution in [1.82, 2.24) is 5.32 Å². The normalized spacial score (nSPS) is 35.2. The first kappa shape index (κ1) is 9.72. The number of hydrogen-bond donors (Lipinski definition) is 1. The summed E-state index contributed by atoms with van der Waals surface area (Å²) in [6.45, 7) is 8.45. The molecule has 0 radical (unpaired) electrons. The van der Waals surface area contributed by atoms with E-state index >= 15 is 0 Å². The highest BCUT2D eigenvalue weighted by Gasteiger charge is 2.38. The van der Waals surface area contributed by atoms with E-state index in [0.29, 0.717) is 18.6 Å². The maximum Gasteiger partial charge on any atom is 0.136 e. The molecule has 1 rings (SSSR count). The number of Topliss-reactive ketones (excluding diaryl/α,β-unsaturated/α-hetero) is 1. The second-order valence-corrected chi connectivity index (χ2v) is 4.82. The van der Waals surface area contributed by atoms with Crippen molar-refractivity contribution in [3.8, 4) is 0 Å². The lowest BCUT2D eigenvalue weighted by Gasteiger charge is -2.43. The minimum absolute atomic E-state index is 0.0138. The van der Waals surface area contributed by atoms with Crippen LogP contribution in [0.4, 0.5) is 0 Å². The Morgan fingerprint density at radius 2 is 1.92 bits per heavy atom. The predicted octanol–water partition coefficient (Wildman–Crippen LogP) is 1.89. The lowest BCUT2D eigenvalue weighted by molar-refractivity contribution is -0.124. The molecule has 0 amide bonds. The molecule has 0 aromatic heterocycles. The fraction of sp³-hybridized carbons (Fsp3) is 0.900. The van der Waals surface area contributed by atoms with Gasteiger partial charge in [-0.2, -0.15) is 0 Å². The van der Waals surface area contributed by atoms with Crippen LogP contribution >= 0.6 is 0 Å².